The Kier molecular flexibility index (Phi) is 2.44. The molecule has 0 spiro atoms. The smallest absolute Gasteiger partial charge is 0.147 e. The quantitative estimate of drug-likeness (QED) is 0.790. The molecule has 2 N–H and O–H groups in total. The summed E-state index contributed by atoms with van der Waals surface area (Å²) in [6.45, 7) is 0.0276. The third-order valence-corrected chi connectivity index (χ3v) is 2.51. The summed E-state index contributed by atoms with van der Waals surface area (Å²) >= 11 is 5.94. The van der Waals surface area contributed by atoms with Crippen molar-refractivity contribution in [1.29, 1.82) is 0 Å². The number of rotatable bonds is 2. The minimum Gasteiger partial charge on any atom is -0.396 e. The van der Waals surface area contributed by atoms with Crippen LogP contribution in [-0.2, 0) is 6.42 Å². The summed E-state index contributed by atoms with van der Waals surface area (Å²) in [7, 11) is 0. The first-order valence-electron chi connectivity index (χ1n) is 4.29. The molecule has 0 bridgehead atoms. The van der Waals surface area contributed by atoms with Gasteiger partial charge in [-0.15, -0.1) is 0 Å². The molecule has 0 saturated heterocycles. The molecule has 0 saturated carbocycles. The Labute approximate surface area is 85.3 Å². The second kappa shape index (κ2) is 3.59. The van der Waals surface area contributed by atoms with Gasteiger partial charge >= 0.3 is 0 Å². The van der Waals surface area contributed by atoms with E-state index in [0.717, 1.165) is 5.56 Å². The Morgan fingerprint density at radius 2 is 2.21 bits per heavy atom. The standard InChI is InChI=1S/C10H9ClFNO/c11-7-1-2-8(12)10-9(7)6(3-4-14)5-13-10/h1-2,5,13-14H,3-4H2. The van der Waals surface area contributed by atoms with Gasteiger partial charge in [0.1, 0.15) is 5.82 Å². The molecule has 14 heavy (non-hydrogen) atoms. The van der Waals surface area contributed by atoms with Gasteiger partial charge in [0, 0.05) is 18.2 Å². The van der Waals surface area contributed by atoms with E-state index in [1.807, 2.05) is 0 Å². The van der Waals surface area contributed by atoms with Gasteiger partial charge in [-0.25, -0.2) is 4.39 Å². The predicted molar refractivity (Wildman–Crippen MR) is 54.1 cm³/mol. The van der Waals surface area contributed by atoms with Crippen LogP contribution >= 0.6 is 11.6 Å². The molecular weight excluding hydrogens is 205 g/mol. The molecule has 1 heterocycles. The molecule has 0 fully saturated rings. The number of fused-ring (bicyclic) bond motifs is 1. The fourth-order valence-corrected chi connectivity index (χ4v) is 1.83. The highest BCUT2D eigenvalue weighted by Crippen LogP contribution is 2.28. The van der Waals surface area contributed by atoms with Crippen LogP contribution in [0.2, 0.25) is 5.02 Å². The maximum atomic E-state index is 13.3. The highest BCUT2D eigenvalue weighted by Gasteiger charge is 2.10. The van der Waals surface area contributed by atoms with Crippen molar-refractivity contribution in [3.63, 3.8) is 0 Å². The number of aromatic nitrogens is 1. The second-order valence-corrected chi connectivity index (χ2v) is 3.47. The van der Waals surface area contributed by atoms with Gasteiger partial charge in [-0.05, 0) is 24.1 Å². The van der Waals surface area contributed by atoms with E-state index in [1.165, 1.54) is 12.1 Å². The average molecular weight is 214 g/mol. The lowest BCUT2D eigenvalue weighted by Crippen LogP contribution is -1.89. The monoisotopic (exact) mass is 213 g/mol. The normalized spacial score (nSPS) is 11.1. The second-order valence-electron chi connectivity index (χ2n) is 3.07. The van der Waals surface area contributed by atoms with Gasteiger partial charge in [-0.1, -0.05) is 11.6 Å². The molecule has 2 rings (SSSR count). The lowest BCUT2D eigenvalue weighted by atomic mass is 10.1. The number of benzene rings is 1. The van der Waals surface area contributed by atoms with Crippen LogP contribution in [0.4, 0.5) is 4.39 Å². The summed E-state index contributed by atoms with van der Waals surface area (Å²) in [4.78, 5) is 2.81. The molecule has 0 aliphatic carbocycles. The maximum absolute atomic E-state index is 13.3. The highest BCUT2D eigenvalue weighted by atomic mass is 35.5. The van der Waals surface area contributed by atoms with Crippen molar-refractivity contribution in [3.8, 4) is 0 Å². The Bertz CT molecular complexity index is 466. The molecule has 2 aromatic rings. The molecule has 74 valence electrons. The SMILES string of the molecule is OCCc1c[nH]c2c(F)ccc(Cl)c12. The fraction of sp³-hybridized carbons (Fsp3) is 0.200. The average Bonchev–Trinajstić information content (AvgIpc) is 2.58. The van der Waals surface area contributed by atoms with E-state index >= 15 is 0 Å². The molecule has 0 radical (unpaired) electrons. The van der Waals surface area contributed by atoms with Crippen molar-refractivity contribution in [3.05, 3.63) is 34.7 Å². The van der Waals surface area contributed by atoms with Gasteiger partial charge in [0.2, 0.25) is 0 Å². The summed E-state index contributed by atoms with van der Waals surface area (Å²) in [6, 6.07) is 2.85. The van der Waals surface area contributed by atoms with Crippen LogP contribution in [0.3, 0.4) is 0 Å². The van der Waals surface area contributed by atoms with Gasteiger partial charge in [-0.3, -0.25) is 0 Å². The van der Waals surface area contributed by atoms with Crippen LogP contribution in [0, 0.1) is 5.82 Å². The maximum Gasteiger partial charge on any atom is 0.147 e. The first-order chi connectivity index (χ1) is 6.74. The van der Waals surface area contributed by atoms with E-state index in [9.17, 15) is 4.39 Å². The molecule has 0 aliphatic heterocycles. The number of nitrogens with one attached hydrogen (secondary N) is 1. The van der Waals surface area contributed by atoms with Gasteiger partial charge in [0.15, 0.2) is 0 Å². The number of aromatic amines is 1. The first-order valence-corrected chi connectivity index (χ1v) is 4.66. The Balaban J connectivity index is 2.70. The van der Waals surface area contributed by atoms with Crippen LogP contribution < -0.4 is 0 Å². The molecule has 0 aliphatic rings. The van der Waals surface area contributed by atoms with Crippen LogP contribution in [0.5, 0.6) is 0 Å². The number of hydrogen-bond acceptors (Lipinski definition) is 1. The predicted octanol–water partition coefficient (Wildman–Crippen LogP) is 2.50. The van der Waals surface area contributed by atoms with Crippen molar-refractivity contribution < 1.29 is 9.50 Å². The molecule has 0 atom stereocenters. The lowest BCUT2D eigenvalue weighted by Gasteiger charge is -1.99. The van der Waals surface area contributed by atoms with Crippen LogP contribution in [0.25, 0.3) is 10.9 Å². The Morgan fingerprint density at radius 3 is 2.93 bits per heavy atom. The molecule has 1 aromatic heterocycles. The number of aliphatic hydroxyl groups is 1. The number of H-pyrrole nitrogens is 1. The van der Waals surface area contributed by atoms with E-state index in [0.29, 0.717) is 22.3 Å². The van der Waals surface area contributed by atoms with Gasteiger partial charge in [0.25, 0.3) is 0 Å². The third kappa shape index (κ3) is 1.38. The molecule has 4 heteroatoms. The largest absolute Gasteiger partial charge is 0.396 e. The van der Waals surface area contributed by atoms with E-state index in [4.69, 9.17) is 16.7 Å². The summed E-state index contributed by atoms with van der Waals surface area (Å²) in [6.07, 6.45) is 2.15. The zero-order valence-electron chi connectivity index (χ0n) is 7.35. The number of aliphatic hydroxyl groups excluding tert-OH is 1. The number of hydrogen-bond donors (Lipinski definition) is 2. The minimum absolute atomic E-state index is 0.0276. The summed E-state index contributed by atoms with van der Waals surface area (Å²) in [5.41, 5.74) is 1.24. The Morgan fingerprint density at radius 1 is 1.43 bits per heavy atom. The summed E-state index contributed by atoms with van der Waals surface area (Å²) in [5.74, 6) is -0.325. The van der Waals surface area contributed by atoms with Crippen molar-refractivity contribution in [2.24, 2.45) is 0 Å². The van der Waals surface area contributed by atoms with Crippen molar-refractivity contribution in [1.82, 2.24) is 4.98 Å². The van der Waals surface area contributed by atoms with E-state index in [2.05, 4.69) is 4.98 Å². The van der Waals surface area contributed by atoms with E-state index in [1.54, 1.807) is 6.20 Å². The molecule has 1 aromatic carbocycles. The van der Waals surface area contributed by atoms with Crippen LogP contribution in [-0.4, -0.2) is 16.7 Å². The summed E-state index contributed by atoms with van der Waals surface area (Å²) in [5, 5.41) is 9.98. The molecule has 0 unspecified atom stereocenters. The Hall–Kier alpha value is -1.06. The van der Waals surface area contributed by atoms with Crippen molar-refractivity contribution in [2.45, 2.75) is 6.42 Å². The van der Waals surface area contributed by atoms with E-state index < -0.39 is 0 Å². The minimum atomic E-state index is -0.325. The topological polar surface area (TPSA) is 36.0 Å². The third-order valence-electron chi connectivity index (χ3n) is 2.20. The first kappa shape index (κ1) is 9.49. The zero-order valence-corrected chi connectivity index (χ0v) is 8.11. The van der Waals surface area contributed by atoms with Gasteiger partial charge in [-0.2, -0.15) is 0 Å². The number of halogens is 2. The van der Waals surface area contributed by atoms with Gasteiger partial charge < -0.3 is 10.1 Å². The molecule has 0 amide bonds. The van der Waals surface area contributed by atoms with Gasteiger partial charge in [0.05, 0.1) is 10.5 Å². The van der Waals surface area contributed by atoms with Crippen molar-refractivity contribution in [2.75, 3.05) is 6.61 Å². The van der Waals surface area contributed by atoms with E-state index in [-0.39, 0.29) is 12.4 Å². The molecular formula is C10H9ClFNO. The van der Waals surface area contributed by atoms with Crippen molar-refractivity contribution >= 4 is 22.5 Å². The van der Waals surface area contributed by atoms with Crippen LogP contribution in [0.1, 0.15) is 5.56 Å². The molecule has 2 nitrogen and oxygen atoms in total. The van der Waals surface area contributed by atoms with Crippen LogP contribution in [0.15, 0.2) is 18.3 Å². The summed E-state index contributed by atoms with van der Waals surface area (Å²) < 4.78 is 13.3. The fourth-order valence-electron chi connectivity index (χ4n) is 1.56. The highest BCUT2D eigenvalue weighted by molar-refractivity contribution is 6.35. The lowest BCUT2D eigenvalue weighted by molar-refractivity contribution is 0.300. The zero-order chi connectivity index (χ0) is 10.1.